The molecule has 1 heterocycles. The maximum atomic E-state index is 11.8. The summed E-state index contributed by atoms with van der Waals surface area (Å²) < 4.78 is 4.49. The summed E-state index contributed by atoms with van der Waals surface area (Å²) in [5.74, 6) is -0.342. The molecule has 2 fully saturated rings. The zero-order valence-electron chi connectivity index (χ0n) is 11.6. The van der Waals surface area contributed by atoms with Crippen LogP contribution in [0.5, 0.6) is 0 Å². The molecule has 6 heteroatoms. The second-order valence-electron chi connectivity index (χ2n) is 5.50. The van der Waals surface area contributed by atoms with E-state index in [4.69, 9.17) is 27.9 Å². The summed E-state index contributed by atoms with van der Waals surface area (Å²) in [5.41, 5.74) is 2.26. The van der Waals surface area contributed by atoms with Crippen molar-refractivity contribution in [2.75, 3.05) is 31.2 Å². The number of hydrogen-bond acceptors (Lipinski definition) is 3. The van der Waals surface area contributed by atoms with E-state index in [-0.39, 0.29) is 11.8 Å². The molecule has 1 saturated heterocycles. The Morgan fingerprint density at radius 2 is 1.90 bits per heavy atom. The molecule has 1 N–H and O–H groups in total. The van der Waals surface area contributed by atoms with E-state index in [1.807, 2.05) is 12.1 Å². The largest absolute Gasteiger partial charge is 0.378 e. The van der Waals surface area contributed by atoms with Crippen molar-refractivity contribution in [1.29, 1.82) is 0 Å². The average Bonchev–Trinajstić information content (AvgIpc) is 3.15. The van der Waals surface area contributed by atoms with Gasteiger partial charge in [0, 0.05) is 25.3 Å². The number of carbonyl (C=O) groups excluding carboxylic acids is 1. The molecule has 1 aliphatic carbocycles. The van der Waals surface area contributed by atoms with E-state index in [9.17, 15) is 4.79 Å². The van der Waals surface area contributed by atoms with Crippen LogP contribution in [-0.4, -0.2) is 36.5 Å². The number of hydrogen-bond donors (Lipinski definition) is 1. The molecule has 1 atom stereocenters. The van der Waals surface area contributed by atoms with Gasteiger partial charge in [0.15, 0.2) is 0 Å². The number of ether oxygens (including phenoxy) is 1. The van der Waals surface area contributed by atoms with Gasteiger partial charge in [-0.25, -0.2) is 0 Å². The van der Waals surface area contributed by atoms with Gasteiger partial charge in [-0.05, 0) is 24.1 Å². The average molecular weight is 329 g/mol. The van der Waals surface area contributed by atoms with Crippen LogP contribution in [0, 0.1) is 5.92 Å². The van der Waals surface area contributed by atoms with Crippen LogP contribution >= 0.6 is 23.2 Å². The van der Waals surface area contributed by atoms with Gasteiger partial charge in [-0.2, -0.15) is 0 Å². The third-order valence-corrected chi connectivity index (χ3v) is 4.76. The lowest BCUT2D eigenvalue weighted by atomic mass is 10.2. The second-order valence-corrected chi connectivity index (χ2v) is 7.04. The van der Waals surface area contributed by atoms with Crippen molar-refractivity contribution in [3.8, 4) is 0 Å². The summed E-state index contributed by atoms with van der Waals surface area (Å²) in [5, 5.41) is 2.87. The number of alkyl halides is 2. The van der Waals surface area contributed by atoms with Gasteiger partial charge in [0.05, 0.1) is 19.1 Å². The molecule has 1 unspecified atom stereocenters. The van der Waals surface area contributed by atoms with Gasteiger partial charge in [-0.15, -0.1) is 23.2 Å². The molecule has 1 aromatic rings. The van der Waals surface area contributed by atoms with E-state index in [1.165, 1.54) is 5.69 Å². The first-order valence-corrected chi connectivity index (χ1v) is 7.89. The molecule has 21 heavy (non-hydrogen) atoms. The summed E-state index contributed by atoms with van der Waals surface area (Å²) in [4.78, 5) is 14.1. The Morgan fingerprint density at radius 1 is 1.29 bits per heavy atom. The molecule has 1 saturated carbocycles. The van der Waals surface area contributed by atoms with E-state index in [0.717, 1.165) is 31.9 Å². The fraction of sp³-hybridized carbons (Fsp3) is 0.533. The summed E-state index contributed by atoms with van der Waals surface area (Å²) in [6, 6.07) is 8.23. The number of nitrogens with one attached hydrogen (secondary N) is 1. The fourth-order valence-corrected chi connectivity index (χ4v) is 2.96. The number of rotatable bonds is 4. The monoisotopic (exact) mass is 328 g/mol. The number of carbonyl (C=O) groups is 1. The zero-order valence-corrected chi connectivity index (χ0v) is 13.2. The molecule has 114 valence electrons. The third-order valence-electron chi connectivity index (χ3n) is 3.92. The van der Waals surface area contributed by atoms with Gasteiger partial charge in [0.25, 0.3) is 0 Å². The normalized spacial score (nSPS) is 23.7. The molecule has 0 bridgehead atoms. The van der Waals surface area contributed by atoms with Gasteiger partial charge in [0.1, 0.15) is 4.33 Å². The molecule has 4 nitrogen and oxygen atoms in total. The minimum atomic E-state index is -0.857. The molecule has 1 amide bonds. The number of benzene rings is 1. The van der Waals surface area contributed by atoms with Crippen LogP contribution in [0.3, 0.4) is 0 Å². The van der Waals surface area contributed by atoms with Crippen LogP contribution in [0.2, 0.25) is 0 Å². The molecule has 0 spiro atoms. The van der Waals surface area contributed by atoms with Crippen molar-refractivity contribution in [2.24, 2.45) is 5.92 Å². The first-order valence-electron chi connectivity index (χ1n) is 7.13. The maximum absolute atomic E-state index is 11.8. The Balaban J connectivity index is 1.51. The Labute approximate surface area is 134 Å². The Kier molecular flexibility index (Phi) is 4.29. The quantitative estimate of drug-likeness (QED) is 0.862. The van der Waals surface area contributed by atoms with Crippen LogP contribution in [0.1, 0.15) is 12.0 Å². The highest BCUT2D eigenvalue weighted by molar-refractivity contribution is 6.52. The SMILES string of the molecule is O=C(NCc1ccc(N2CCOCC2)cc1)C1CC1(Cl)Cl. The molecule has 2 aliphatic rings. The summed E-state index contributed by atoms with van der Waals surface area (Å²) >= 11 is 11.8. The first-order chi connectivity index (χ1) is 10.1. The van der Waals surface area contributed by atoms with E-state index in [2.05, 4.69) is 22.3 Å². The number of morpholine rings is 1. The molecule has 0 radical (unpaired) electrons. The minimum absolute atomic E-state index is 0.0720. The summed E-state index contributed by atoms with van der Waals surface area (Å²) in [6.45, 7) is 3.90. The van der Waals surface area contributed by atoms with Crippen molar-refractivity contribution >= 4 is 34.8 Å². The molecule has 1 aromatic carbocycles. The van der Waals surface area contributed by atoms with Gasteiger partial charge < -0.3 is 15.0 Å². The highest BCUT2D eigenvalue weighted by Gasteiger charge is 2.56. The molecular weight excluding hydrogens is 311 g/mol. The van der Waals surface area contributed by atoms with Gasteiger partial charge in [-0.1, -0.05) is 12.1 Å². The minimum Gasteiger partial charge on any atom is -0.378 e. The van der Waals surface area contributed by atoms with E-state index < -0.39 is 4.33 Å². The van der Waals surface area contributed by atoms with Crippen molar-refractivity contribution in [2.45, 2.75) is 17.3 Å². The second kappa shape index (κ2) is 6.03. The summed E-state index contributed by atoms with van der Waals surface area (Å²) in [6.07, 6.45) is 0.540. The van der Waals surface area contributed by atoms with Crippen molar-refractivity contribution < 1.29 is 9.53 Å². The maximum Gasteiger partial charge on any atom is 0.226 e. The van der Waals surface area contributed by atoms with Crippen LogP contribution < -0.4 is 10.2 Å². The van der Waals surface area contributed by atoms with Gasteiger partial charge in [0.2, 0.25) is 5.91 Å². The lowest BCUT2D eigenvalue weighted by Gasteiger charge is -2.28. The Bertz CT molecular complexity index is 513. The topological polar surface area (TPSA) is 41.6 Å². The standard InChI is InChI=1S/C15H18Cl2N2O2/c16-15(17)9-13(15)14(20)18-10-11-1-3-12(4-2-11)19-5-7-21-8-6-19/h1-4,13H,5-10H2,(H,18,20). The fourth-order valence-electron chi connectivity index (χ4n) is 2.46. The summed E-state index contributed by atoms with van der Waals surface area (Å²) in [7, 11) is 0. The van der Waals surface area contributed by atoms with Crippen LogP contribution in [0.25, 0.3) is 0 Å². The van der Waals surface area contributed by atoms with E-state index >= 15 is 0 Å². The van der Waals surface area contributed by atoms with Crippen LogP contribution in [0.4, 0.5) is 5.69 Å². The van der Waals surface area contributed by atoms with Crippen LogP contribution in [-0.2, 0) is 16.1 Å². The number of nitrogens with zero attached hydrogens (tertiary/aromatic N) is 1. The predicted molar refractivity (Wildman–Crippen MR) is 83.9 cm³/mol. The van der Waals surface area contributed by atoms with E-state index in [1.54, 1.807) is 0 Å². The highest BCUT2D eigenvalue weighted by atomic mass is 35.5. The van der Waals surface area contributed by atoms with Crippen LogP contribution in [0.15, 0.2) is 24.3 Å². The smallest absolute Gasteiger partial charge is 0.226 e. The first kappa shape index (κ1) is 14.9. The zero-order chi connectivity index (χ0) is 14.9. The van der Waals surface area contributed by atoms with E-state index in [0.29, 0.717) is 13.0 Å². The Morgan fingerprint density at radius 3 is 2.48 bits per heavy atom. The number of amides is 1. The molecule has 3 rings (SSSR count). The lowest BCUT2D eigenvalue weighted by Crippen LogP contribution is -2.36. The highest BCUT2D eigenvalue weighted by Crippen LogP contribution is 2.53. The van der Waals surface area contributed by atoms with Crippen molar-refractivity contribution in [3.05, 3.63) is 29.8 Å². The number of halogens is 2. The van der Waals surface area contributed by atoms with Gasteiger partial charge >= 0.3 is 0 Å². The Hall–Kier alpha value is -0.970. The third kappa shape index (κ3) is 3.62. The molecular formula is C15H18Cl2N2O2. The molecule has 0 aromatic heterocycles. The van der Waals surface area contributed by atoms with Gasteiger partial charge in [-0.3, -0.25) is 4.79 Å². The lowest BCUT2D eigenvalue weighted by molar-refractivity contribution is -0.122. The van der Waals surface area contributed by atoms with Crippen molar-refractivity contribution in [3.63, 3.8) is 0 Å². The molecule has 1 aliphatic heterocycles. The predicted octanol–water partition coefficient (Wildman–Crippen LogP) is 2.33. The number of anilines is 1. The van der Waals surface area contributed by atoms with Crippen molar-refractivity contribution in [1.82, 2.24) is 5.32 Å².